The van der Waals surface area contributed by atoms with Gasteiger partial charge in [0.2, 0.25) is 0 Å². The molecule has 0 bridgehead atoms. The second-order valence-electron chi connectivity index (χ2n) is 15.1. The largest absolute Gasteiger partial charge is 0.393 e. The Morgan fingerprint density at radius 3 is 2.06 bits per heavy atom. The molecule has 1 N–H and O–H groups in total. The van der Waals surface area contributed by atoms with Gasteiger partial charge in [0, 0.05) is 0 Å². The maximum absolute atomic E-state index is 10.9. The molecule has 0 aliphatic heterocycles. The third-order valence-corrected chi connectivity index (χ3v) is 14.0. The Balaban J connectivity index is 1.54. The molecular weight excluding hydrogens is 376 g/mol. The molecule has 0 heterocycles. The van der Waals surface area contributed by atoms with Gasteiger partial charge in [0.1, 0.15) is 0 Å². The Kier molecular flexibility index (Phi) is 4.96. The van der Waals surface area contributed by atoms with Gasteiger partial charge in [0.05, 0.1) is 6.10 Å². The summed E-state index contributed by atoms with van der Waals surface area (Å²) in [5.41, 5.74) is 2.05. The van der Waals surface area contributed by atoms with Gasteiger partial charge in [-0.25, -0.2) is 0 Å². The predicted molar refractivity (Wildman–Crippen MR) is 131 cm³/mol. The van der Waals surface area contributed by atoms with Crippen LogP contribution in [0, 0.1) is 62.6 Å². The number of hydrogen-bond acceptors (Lipinski definition) is 1. The van der Waals surface area contributed by atoms with E-state index in [-0.39, 0.29) is 11.5 Å². The summed E-state index contributed by atoms with van der Waals surface area (Å²) in [6.07, 6.45) is 13.7. The SMILES string of the molecule is C[C@H]1[C@@H]2[C@H]3CC[C@@H]4[C@@]5(C)CC[C@H](O)C(C)(C)[C@@H]5CC[C@@]4(C)[C@]3(C)CC[C@@]2(C)CC[C@@H]1C. The quantitative estimate of drug-likeness (QED) is 0.413. The molecule has 0 aromatic rings. The van der Waals surface area contributed by atoms with E-state index in [2.05, 4.69) is 55.4 Å². The fourth-order valence-corrected chi connectivity index (χ4v) is 11.7. The van der Waals surface area contributed by atoms with Crippen molar-refractivity contribution >= 4 is 0 Å². The smallest absolute Gasteiger partial charge is 0.0594 e. The van der Waals surface area contributed by atoms with Gasteiger partial charge in [-0.05, 0) is 127 Å². The molecule has 1 heteroatoms. The summed E-state index contributed by atoms with van der Waals surface area (Å²) < 4.78 is 0. The highest BCUT2D eigenvalue weighted by Gasteiger charge is 2.69. The Labute approximate surface area is 193 Å². The molecule has 0 spiro atoms. The molecule has 1 nitrogen and oxygen atoms in total. The van der Waals surface area contributed by atoms with Crippen LogP contribution < -0.4 is 0 Å². The van der Waals surface area contributed by atoms with Crippen LogP contribution in [0.3, 0.4) is 0 Å². The molecule has 5 saturated carbocycles. The third-order valence-electron chi connectivity index (χ3n) is 14.0. The van der Waals surface area contributed by atoms with Gasteiger partial charge in [-0.1, -0.05) is 55.4 Å². The van der Waals surface area contributed by atoms with Crippen LogP contribution >= 0.6 is 0 Å². The lowest BCUT2D eigenvalue weighted by Crippen LogP contribution is -2.67. The van der Waals surface area contributed by atoms with E-state index in [0.29, 0.717) is 27.6 Å². The average molecular weight is 429 g/mol. The zero-order valence-corrected chi connectivity index (χ0v) is 22.1. The highest BCUT2D eigenvalue weighted by molar-refractivity contribution is 5.18. The van der Waals surface area contributed by atoms with Crippen LogP contribution in [0.5, 0.6) is 0 Å². The van der Waals surface area contributed by atoms with Crippen molar-refractivity contribution in [3.63, 3.8) is 0 Å². The highest BCUT2D eigenvalue weighted by atomic mass is 16.3. The molecule has 31 heavy (non-hydrogen) atoms. The van der Waals surface area contributed by atoms with Gasteiger partial charge in [0.25, 0.3) is 0 Å². The fraction of sp³-hybridized carbons (Fsp3) is 1.00. The Hall–Kier alpha value is -0.0400. The van der Waals surface area contributed by atoms with Crippen molar-refractivity contribution in [1.82, 2.24) is 0 Å². The molecule has 11 atom stereocenters. The first kappa shape index (κ1) is 22.7. The van der Waals surface area contributed by atoms with Crippen LogP contribution in [0.1, 0.15) is 120 Å². The molecule has 0 radical (unpaired) electrons. The number of aliphatic hydroxyl groups excluding tert-OH is 1. The molecular formula is C30H52O. The van der Waals surface area contributed by atoms with Gasteiger partial charge in [-0.3, -0.25) is 0 Å². The van der Waals surface area contributed by atoms with E-state index in [0.717, 1.165) is 36.0 Å². The van der Waals surface area contributed by atoms with Crippen LogP contribution in [-0.2, 0) is 0 Å². The number of hydrogen-bond donors (Lipinski definition) is 1. The summed E-state index contributed by atoms with van der Waals surface area (Å²) in [4.78, 5) is 0. The number of rotatable bonds is 0. The lowest BCUT2D eigenvalue weighted by Gasteiger charge is -2.74. The van der Waals surface area contributed by atoms with Crippen molar-refractivity contribution in [2.24, 2.45) is 62.6 Å². The molecule has 0 amide bonds. The molecule has 5 aliphatic carbocycles. The molecule has 178 valence electrons. The van der Waals surface area contributed by atoms with Gasteiger partial charge in [0.15, 0.2) is 0 Å². The molecule has 0 aromatic heterocycles. The Morgan fingerprint density at radius 2 is 1.35 bits per heavy atom. The fourth-order valence-electron chi connectivity index (χ4n) is 11.7. The highest BCUT2D eigenvalue weighted by Crippen LogP contribution is 2.76. The first-order valence-electron chi connectivity index (χ1n) is 14.0. The van der Waals surface area contributed by atoms with Crippen molar-refractivity contribution in [1.29, 1.82) is 0 Å². The van der Waals surface area contributed by atoms with Crippen LogP contribution in [0.15, 0.2) is 0 Å². The molecule has 0 saturated heterocycles. The normalized spacial score (nSPS) is 60.9. The minimum absolute atomic E-state index is 0.0739. The number of fused-ring (bicyclic) bond motifs is 7. The van der Waals surface area contributed by atoms with E-state index < -0.39 is 0 Å². The van der Waals surface area contributed by atoms with Crippen molar-refractivity contribution in [3.05, 3.63) is 0 Å². The first-order chi connectivity index (χ1) is 14.3. The summed E-state index contributed by atoms with van der Waals surface area (Å²) in [5, 5.41) is 10.9. The maximum Gasteiger partial charge on any atom is 0.0594 e. The summed E-state index contributed by atoms with van der Waals surface area (Å²) in [5.74, 6) is 5.17. The minimum atomic E-state index is -0.109. The van der Waals surface area contributed by atoms with Crippen LogP contribution in [0.25, 0.3) is 0 Å². The van der Waals surface area contributed by atoms with Gasteiger partial charge in [-0.15, -0.1) is 0 Å². The molecule has 5 aliphatic rings. The summed E-state index contributed by atoms with van der Waals surface area (Å²) >= 11 is 0. The van der Waals surface area contributed by atoms with E-state index >= 15 is 0 Å². The summed E-state index contributed by atoms with van der Waals surface area (Å²) in [6.45, 7) is 20.8. The zero-order chi connectivity index (χ0) is 22.6. The van der Waals surface area contributed by atoms with Crippen LogP contribution in [0.2, 0.25) is 0 Å². The standard InChI is InChI=1S/C30H52O/c1-19-11-14-27(5)17-18-29(7)21(25(27)20(19)2)9-10-23-28(6)15-13-24(31)26(3,4)22(28)12-16-30(23,29)8/h19-25,31H,9-18H2,1-8H3/t19-,20+,21+,22-,23+,24-,25+,27+,28-,29+,30+/m0/s1. The third kappa shape index (κ3) is 2.71. The Morgan fingerprint density at radius 1 is 0.645 bits per heavy atom. The zero-order valence-electron chi connectivity index (χ0n) is 22.1. The van der Waals surface area contributed by atoms with E-state index in [4.69, 9.17) is 0 Å². The van der Waals surface area contributed by atoms with Crippen molar-refractivity contribution in [2.75, 3.05) is 0 Å². The molecule has 5 fully saturated rings. The van der Waals surface area contributed by atoms with E-state index in [1.807, 2.05) is 0 Å². The maximum atomic E-state index is 10.9. The molecule has 5 rings (SSSR count). The average Bonchev–Trinajstić information content (AvgIpc) is 2.69. The first-order valence-corrected chi connectivity index (χ1v) is 14.0. The summed E-state index contributed by atoms with van der Waals surface area (Å²) in [7, 11) is 0. The minimum Gasteiger partial charge on any atom is -0.393 e. The Bertz CT molecular complexity index is 726. The lowest BCUT2D eigenvalue weighted by molar-refractivity contribution is -0.256. The topological polar surface area (TPSA) is 20.2 Å². The monoisotopic (exact) mass is 428 g/mol. The second kappa shape index (κ2) is 6.76. The summed E-state index contributed by atoms with van der Waals surface area (Å²) in [6, 6.07) is 0. The van der Waals surface area contributed by atoms with E-state index in [9.17, 15) is 5.11 Å². The van der Waals surface area contributed by atoms with Crippen LogP contribution in [0.4, 0.5) is 0 Å². The van der Waals surface area contributed by atoms with Crippen LogP contribution in [-0.4, -0.2) is 11.2 Å². The van der Waals surface area contributed by atoms with Crippen molar-refractivity contribution < 1.29 is 5.11 Å². The van der Waals surface area contributed by atoms with E-state index in [1.165, 1.54) is 57.8 Å². The van der Waals surface area contributed by atoms with Crippen molar-refractivity contribution in [2.45, 2.75) is 126 Å². The van der Waals surface area contributed by atoms with E-state index in [1.54, 1.807) is 0 Å². The second-order valence-corrected chi connectivity index (χ2v) is 15.1. The number of aliphatic hydroxyl groups is 1. The predicted octanol–water partition coefficient (Wildman–Crippen LogP) is 8.10. The van der Waals surface area contributed by atoms with Gasteiger partial charge < -0.3 is 5.11 Å². The van der Waals surface area contributed by atoms with Gasteiger partial charge >= 0.3 is 0 Å². The lowest BCUT2D eigenvalue weighted by atomic mass is 9.31. The van der Waals surface area contributed by atoms with Gasteiger partial charge in [-0.2, -0.15) is 0 Å². The molecule has 0 unspecified atom stereocenters. The molecule has 0 aromatic carbocycles. The van der Waals surface area contributed by atoms with Crippen molar-refractivity contribution in [3.8, 4) is 0 Å².